The summed E-state index contributed by atoms with van der Waals surface area (Å²) >= 11 is 0. The maximum Gasteiger partial charge on any atom is 0.278 e. The molecule has 0 radical (unpaired) electrons. The van der Waals surface area contributed by atoms with Crippen molar-refractivity contribution in [3.63, 3.8) is 0 Å². The van der Waals surface area contributed by atoms with Crippen LogP contribution < -0.4 is 10.5 Å². The second kappa shape index (κ2) is 8.64. The number of anilines is 1. The van der Waals surface area contributed by atoms with Gasteiger partial charge in [0.2, 0.25) is 5.95 Å². The summed E-state index contributed by atoms with van der Waals surface area (Å²) in [5.74, 6) is 0.640. The Morgan fingerprint density at radius 3 is 2.75 bits per heavy atom. The molecule has 2 aromatic heterocycles. The number of hydrogen-bond acceptors (Lipinski definition) is 5. The zero-order valence-electron chi connectivity index (χ0n) is 18.0. The first-order valence-electron chi connectivity index (χ1n) is 10.6. The molecule has 156 valence electrons. The van der Waals surface area contributed by atoms with Crippen LogP contribution in [0, 0.1) is 5.41 Å². The third-order valence-corrected chi connectivity index (χ3v) is 5.37. The van der Waals surface area contributed by atoms with Gasteiger partial charge in [0.1, 0.15) is 5.52 Å². The van der Waals surface area contributed by atoms with Crippen LogP contribution in [-0.4, -0.2) is 45.5 Å². The van der Waals surface area contributed by atoms with E-state index >= 15 is 0 Å². The van der Waals surface area contributed by atoms with Gasteiger partial charge in [-0.1, -0.05) is 34.1 Å². The van der Waals surface area contributed by atoms with Crippen molar-refractivity contribution in [1.29, 1.82) is 0 Å². The number of rotatable bonds is 7. The summed E-state index contributed by atoms with van der Waals surface area (Å²) in [6.07, 6.45) is 6.39. The Balaban J connectivity index is 1.96. The fourth-order valence-corrected chi connectivity index (χ4v) is 3.74. The Morgan fingerprint density at radius 1 is 1.32 bits per heavy atom. The average molecular weight is 390 g/mol. The van der Waals surface area contributed by atoms with E-state index < -0.39 is 0 Å². The average Bonchev–Trinajstić information content (AvgIpc) is 2.95. The molecule has 1 atom stereocenters. The van der Waals surface area contributed by atoms with Crippen LogP contribution in [0.3, 0.4) is 0 Å². The minimum Gasteiger partial charge on any atom is -0.376 e. The number of aryl methyl sites for hydroxylation is 2. The van der Waals surface area contributed by atoms with Crippen molar-refractivity contribution in [2.75, 3.05) is 24.6 Å². The molecule has 0 aliphatic carbocycles. The fraction of sp³-hybridized carbons (Fsp3) is 0.762. The maximum atomic E-state index is 12.8. The predicted octanol–water partition coefficient (Wildman–Crippen LogP) is 3.42. The van der Waals surface area contributed by atoms with Crippen LogP contribution in [0.2, 0.25) is 0 Å². The maximum absolute atomic E-state index is 12.8. The minimum absolute atomic E-state index is 0.123. The molecule has 0 aromatic carbocycles. The zero-order chi connectivity index (χ0) is 20.3. The second-order valence-electron chi connectivity index (χ2n) is 9.15. The molecule has 1 saturated heterocycles. The molecule has 1 fully saturated rings. The number of hydrogen-bond donors (Lipinski definition) is 1. The molecule has 1 unspecified atom stereocenters. The van der Waals surface area contributed by atoms with Gasteiger partial charge in [0, 0.05) is 26.7 Å². The van der Waals surface area contributed by atoms with Gasteiger partial charge in [-0.15, -0.1) is 0 Å². The second-order valence-corrected chi connectivity index (χ2v) is 9.15. The molecule has 1 aliphatic heterocycles. The van der Waals surface area contributed by atoms with Gasteiger partial charge in [0.15, 0.2) is 5.52 Å². The lowest BCUT2D eigenvalue weighted by atomic mass is 9.92. The third kappa shape index (κ3) is 4.93. The van der Waals surface area contributed by atoms with E-state index in [-0.39, 0.29) is 17.1 Å². The van der Waals surface area contributed by atoms with E-state index in [0.29, 0.717) is 11.5 Å². The van der Waals surface area contributed by atoms with Gasteiger partial charge in [-0.25, -0.2) is 4.98 Å². The molecule has 1 N–H and O–H groups in total. The van der Waals surface area contributed by atoms with Crippen LogP contribution in [0.5, 0.6) is 0 Å². The lowest BCUT2D eigenvalue weighted by Gasteiger charge is -2.32. The SMILES string of the molecule is CCCc1nn(C)c2c(=O)[nH]c(N(CCC(C)(C)C)CC3CCCCO3)nc12. The van der Waals surface area contributed by atoms with Crippen molar-refractivity contribution in [1.82, 2.24) is 19.7 Å². The molecule has 0 bridgehead atoms. The van der Waals surface area contributed by atoms with Crippen LogP contribution >= 0.6 is 0 Å². The number of H-pyrrole nitrogens is 1. The van der Waals surface area contributed by atoms with Crippen LogP contribution in [0.15, 0.2) is 4.79 Å². The summed E-state index contributed by atoms with van der Waals surface area (Å²) in [4.78, 5) is 22.9. The van der Waals surface area contributed by atoms with E-state index in [1.54, 1.807) is 4.68 Å². The van der Waals surface area contributed by atoms with E-state index in [1.807, 2.05) is 7.05 Å². The number of aromatic nitrogens is 4. The van der Waals surface area contributed by atoms with E-state index in [1.165, 1.54) is 6.42 Å². The van der Waals surface area contributed by atoms with Gasteiger partial charge in [-0.05, 0) is 37.5 Å². The number of aromatic amines is 1. The summed E-state index contributed by atoms with van der Waals surface area (Å²) in [6.45, 7) is 11.2. The van der Waals surface area contributed by atoms with Gasteiger partial charge in [0.05, 0.1) is 11.8 Å². The first kappa shape index (κ1) is 20.8. The van der Waals surface area contributed by atoms with E-state index in [4.69, 9.17) is 9.72 Å². The first-order valence-corrected chi connectivity index (χ1v) is 10.6. The molecular weight excluding hydrogens is 354 g/mol. The molecule has 7 nitrogen and oxygen atoms in total. The van der Waals surface area contributed by atoms with Crippen molar-refractivity contribution >= 4 is 17.0 Å². The van der Waals surface area contributed by atoms with Crippen LogP contribution in [0.25, 0.3) is 11.0 Å². The third-order valence-electron chi connectivity index (χ3n) is 5.37. The molecule has 0 spiro atoms. The Labute approximate surface area is 167 Å². The highest BCUT2D eigenvalue weighted by atomic mass is 16.5. The van der Waals surface area contributed by atoms with Gasteiger partial charge in [-0.2, -0.15) is 5.10 Å². The van der Waals surface area contributed by atoms with Crippen molar-refractivity contribution in [2.24, 2.45) is 12.5 Å². The summed E-state index contributed by atoms with van der Waals surface area (Å²) in [7, 11) is 1.81. The highest BCUT2D eigenvalue weighted by Crippen LogP contribution is 2.23. The van der Waals surface area contributed by atoms with Crippen molar-refractivity contribution < 1.29 is 4.74 Å². The topological polar surface area (TPSA) is 76.0 Å². The minimum atomic E-state index is -0.123. The molecule has 0 amide bonds. The molecular formula is C21H35N5O2. The monoisotopic (exact) mass is 389 g/mol. The smallest absolute Gasteiger partial charge is 0.278 e. The van der Waals surface area contributed by atoms with E-state index in [9.17, 15) is 4.79 Å². The number of nitrogens with one attached hydrogen (secondary N) is 1. The Kier molecular flexibility index (Phi) is 6.43. The summed E-state index contributed by atoms with van der Waals surface area (Å²) in [6, 6.07) is 0. The molecule has 7 heteroatoms. The quantitative estimate of drug-likeness (QED) is 0.785. The first-order chi connectivity index (χ1) is 13.3. The highest BCUT2D eigenvalue weighted by molar-refractivity contribution is 5.77. The Morgan fingerprint density at radius 2 is 2.11 bits per heavy atom. The predicted molar refractivity (Wildman–Crippen MR) is 113 cm³/mol. The van der Waals surface area contributed by atoms with Gasteiger partial charge >= 0.3 is 0 Å². The normalized spacial score (nSPS) is 18.0. The molecule has 1 aliphatic rings. The fourth-order valence-electron chi connectivity index (χ4n) is 3.74. The summed E-state index contributed by atoms with van der Waals surface area (Å²) in [5.41, 5.74) is 2.27. The number of ether oxygens (including phenoxy) is 1. The summed E-state index contributed by atoms with van der Waals surface area (Å²) in [5, 5.41) is 4.53. The zero-order valence-corrected chi connectivity index (χ0v) is 18.0. The van der Waals surface area contributed by atoms with Crippen LogP contribution in [0.4, 0.5) is 5.95 Å². The standard InChI is InChI=1S/C21H35N5O2/c1-6-9-16-17-18(25(5)24-16)19(27)23-20(22-17)26(12-11-21(2,3)4)14-15-10-7-8-13-28-15/h15H,6-14H2,1-5H3,(H,22,23,27). The van der Waals surface area contributed by atoms with E-state index in [0.717, 1.165) is 63.0 Å². The van der Waals surface area contributed by atoms with Gasteiger partial charge in [-0.3, -0.25) is 14.5 Å². The van der Waals surface area contributed by atoms with Gasteiger partial charge in [0.25, 0.3) is 5.56 Å². The lowest BCUT2D eigenvalue weighted by Crippen LogP contribution is -2.39. The molecule has 3 rings (SSSR count). The molecule has 3 heterocycles. The summed E-state index contributed by atoms with van der Waals surface area (Å²) < 4.78 is 7.62. The van der Waals surface area contributed by atoms with Crippen molar-refractivity contribution in [3.8, 4) is 0 Å². The van der Waals surface area contributed by atoms with E-state index in [2.05, 4.69) is 42.7 Å². The van der Waals surface area contributed by atoms with Crippen molar-refractivity contribution in [2.45, 2.75) is 72.3 Å². The lowest BCUT2D eigenvalue weighted by molar-refractivity contribution is 0.0206. The van der Waals surface area contributed by atoms with Crippen LogP contribution in [0.1, 0.15) is 65.5 Å². The largest absolute Gasteiger partial charge is 0.376 e. The molecule has 0 saturated carbocycles. The molecule has 2 aromatic rings. The van der Waals surface area contributed by atoms with Crippen LogP contribution in [-0.2, 0) is 18.2 Å². The Bertz CT molecular complexity index is 843. The van der Waals surface area contributed by atoms with Gasteiger partial charge < -0.3 is 9.64 Å². The Hall–Kier alpha value is -1.89. The number of fused-ring (bicyclic) bond motifs is 1. The highest BCUT2D eigenvalue weighted by Gasteiger charge is 2.23. The number of nitrogens with zero attached hydrogens (tertiary/aromatic N) is 4. The molecule has 28 heavy (non-hydrogen) atoms. The van der Waals surface area contributed by atoms with Crippen molar-refractivity contribution in [3.05, 3.63) is 16.0 Å².